The van der Waals surface area contributed by atoms with Gasteiger partial charge in [-0.25, -0.2) is 8.42 Å². The molecule has 0 bridgehead atoms. The molecule has 0 atom stereocenters. The number of hydrogen-bond donors (Lipinski definition) is 0. The summed E-state index contributed by atoms with van der Waals surface area (Å²) in [6, 6.07) is 20.0. The minimum atomic E-state index is -3.35. The zero-order chi connectivity index (χ0) is 21.5. The summed E-state index contributed by atoms with van der Waals surface area (Å²) >= 11 is 0. The third kappa shape index (κ3) is 3.50. The monoisotopic (exact) mass is 416 g/mol. The summed E-state index contributed by atoms with van der Waals surface area (Å²) in [5.41, 5.74) is 6.47. The highest BCUT2D eigenvalue weighted by molar-refractivity contribution is 7.91. The van der Waals surface area contributed by atoms with Crippen LogP contribution in [-0.4, -0.2) is 24.6 Å². The van der Waals surface area contributed by atoms with Crippen LogP contribution in [0.5, 0.6) is 0 Å². The molecule has 0 unspecified atom stereocenters. The van der Waals surface area contributed by atoms with Crippen molar-refractivity contribution in [2.75, 3.05) is 6.26 Å². The summed E-state index contributed by atoms with van der Waals surface area (Å²) in [5.74, 6) is 0. The molecule has 0 fully saturated rings. The van der Waals surface area contributed by atoms with Crippen LogP contribution in [0.2, 0.25) is 0 Å². The first-order chi connectivity index (χ1) is 14.2. The molecule has 4 nitrogen and oxygen atoms in total. The quantitative estimate of drug-likeness (QED) is 0.437. The Balaban J connectivity index is 1.95. The average molecular weight is 417 g/mol. The maximum absolute atomic E-state index is 12.6. The first kappa shape index (κ1) is 20.2. The number of aryl methyl sites for hydroxylation is 1. The van der Waals surface area contributed by atoms with Gasteiger partial charge in [0.1, 0.15) is 0 Å². The smallest absolute Gasteiger partial charge is 0.156 e. The van der Waals surface area contributed by atoms with Crippen molar-refractivity contribution in [3.63, 3.8) is 0 Å². The van der Waals surface area contributed by atoms with Crippen molar-refractivity contribution in [3.05, 3.63) is 84.2 Å². The van der Waals surface area contributed by atoms with Crippen molar-refractivity contribution in [2.45, 2.75) is 25.5 Å². The predicted molar refractivity (Wildman–Crippen MR) is 123 cm³/mol. The SMILES string of the molecule is Cc1cccnc1-c1cccc(-c2cc(C(C)(C)S(C)(=O)=O)c3ncccc3c2)c1. The Morgan fingerprint density at radius 3 is 2.23 bits per heavy atom. The van der Waals surface area contributed by atoms with E-state index in [0.29, 0.717) is 11.1 Å². The van der Waals surface area contributed by atoms with E-state index in [4.69, 9.17) is 0 Å². The number of nitrogens with zero attached hydrogens (tertiary/aromatic N) is 2. The highest BCUT2D eigenvalue weighted by Crippen LogP contribution is 2.37. The second-order valence-electron chi connectivity index (χ2n) is 8.13. The van der Waals surface area contributed by atoms with Crippen LogP contribution in [0.4, 0.5) is 0 Å². The van der Waals surface area contributed by atoms with Crippen molar-refractivity contribution in [1.29, 1.82) is 0 Å². The number of rotatable bonds is 4. The highest BCUT2D eigenvalue weighted by atomic mass is 32.2. The van der Waals surface area contributed by atoms with Crippen LogP contribution in [0.15, 0.2) is 73.1 Å². The summed E-state index contributed by atoms with van der Waals surface area (Å²) in [6.45, 7) is 5.52. The summed E-state index contributed by atoms with van der Waals surface area (Å²) in [4.78, 5) is 9.03. The van der Waals surface area contributed by atoms with E-state index in [0.717, 1.165) is 33.3 Å². The third-order valence-corrected chi connectivity index (χ3v) is 7.83. The van der Waals surface area contributed by atoms with E-state index in [1.54, 1.807) is 26.2 Å². The molecule has 0 saturated heterocycles. The average Bonchev–Trinajstić information content (AvgIpc) is 2.72. The fraction of sp³-hybridized carbons (Fsp3) is 0.200. The number of hydrogen-bond acceptors (Lipinski definition) is 4. The third-order valence-electron chi connectivity index (χ3n) is 5.76. The molecule has 2 aromatic heterocycles. The molecule has 0 aliphatic carbocycles. The molecule has 0 aliphatic heterocycles. The van der Waals surface area contributed by atoms with Gasteiger partial charge in [0.2, 0.25) is 0 Å². The zero-order valence-electron chi connectivity index (χ0n) is 17.5. The van der Waals surface area contributed by atoms with Gasteiger partial charge >= 0.3 is 0 Å². The Labute approximate surface area is 177 Å². The molecular weight excluding hydrogens is 392 g/mol. The van der Waals surface area contributed by atoms with E-state index in [1.165, 1.54) is 6.26 Å². The highest BCUT2D eigenvalue weighted by Gasteiger charge is 2.34. The molecule has 2 heterocycles. The molecule has 0 spiro atoms. The van der Waals surface area contributed by atoms with Gasteiger partial charge in [-0.2, -0.15) is 0 Å². The van der Waals surface area contributed by atoms with Crippen LogP contribution >= 0.6 is 0 Å². The normalized spacial score (nSPS) is 12.3. The van der Waals surface area contributed by atoms with Gasteiger partial charge in [-0.3, -0.25) is 9.97 Å². The van der Waals surface area contributed by atoms with Crippen molar-refractivity contribution >= 4 is 20.7 Å². The summed E-state index contributed by atoms with van der Waals surface area (Å²) < 4.78 is 24.1. The van der Waals surface area contributed by atoms with E-state index >= 15 is 0 Å². The van der Waals surface area contributed by atoms with Gasteiger partial charge in [0, 0.05) is 29.6 Å². The first-order valence-electron chi connectivity index (χ1n) is 9.80. The van der Waals surface area contributed by atoms with E-state index in [9.17, 15) is 8.42 Å². The second kappa shape index (κ2) is 7.33. The van der Waals surface area contributed by atoms with Crippen LogP contribution in [0.1, 0.15) is 25.0 Å². The fourth-order valence-electron chi connectivity index (χ4n) is 3.65. The van der Waals surface area contributed by atoms with Gasteiger partial charge in [0.15, 0.2) is 9.84 Å². The molecule has 0 N–H and O–H groups in total. The molecule has 4 aromatic rings. The fourth-order valence-corrected chi connectivity index (χ4v) is 4.21. The Bertz CT molecular complexity index is 1360. The molecular formula is C25H24N2O2S. The van der Waals surface area contributed by atoms with Gasteiger partial charge < -0.3 is 0 Å². The van der Waals surface area contributed by atoms with Crippen molar-refractivity contribution in [1.82, 2.24) is 9.97 Å². The molecule has 4 rings (SSSR count). The van der Waals surface area contributed by atoms with Gasteiger partial charge in [-0.05, 0) is 73.4 Å². The number of benzene rings is 2. The van der Waals surface area contributed by atoms with E-state index in [2.05, 4.69) is 22.1 Å². The maximum atomic E-state index is 12.6. The molecule has 0 amide bonds. The number of aromatic nitrogens is 2. The molecule has 2 aromatic carbocycles. The van der Waals surface area contributed by atoms with E-state index in [1.807, 2.05) is 55.5 Å². The van der Waals surface area contributed by atoms with Crippen LogP contribution in [0.25, 0.3) is 33.3 Å². The lowest BCUT2D eigenvalue weighted by Gasteiger charge is -2.25. The van der Waals surface area contributed by atoms with Crippen molar-refractivity contribution in [3.8, 4) is 22.4 Å². The second-order valence-corrected chi connectivity index (χ2v) is 10.7. The summed E-state index contributed by atoms with van der Waals surface area (Å²) in [6.07, 6.45) is 4.77. The van der Waals surface area contributed by atoms with Crippen LogP contribution < -0.4 is 0 Å². The molecule has 30 heavy (non-hydrogen) atoms. The first-order valence-corrected chi connectivity index (χ1v) is 11.7. The molecule has 0 aliphatic rings. The Hall–Kier alpha value is -3.05. The molecule has 0 radical (unpaired) electrons. The van der Waals surface area contributed by atoms with Gasteiger partial charge in [0.05, 0.1) is 16.0 Å². The molecule has 0 saturated carbocycles. The molecule has 5 heteroatoms. The maximum Gasteiger partial charge on any atom is 0.156 e. The van der Waals surface area contributed by atoms with Gasteiger partial charge in [-0.15, -0.1) is 0 Å². The van der Waals surface area contributed by atoms with E-state index < -0.39 is 14.6 Å². The van der Waals surface area contributed by atoms with Gasteiger partial charge in [0.25, 0.3) is 0 Å². The largest absolute Gasteiger partial charge is 0.256 e. The topological polar surface area (TPSA) is 59.9 Å². The Morgan fingerprint density at radius 1 is 0.800 bits per heavy atom. The number of sulfone groups is 1. The minimum absolute atomic E-state index is 0.706. The lowest BCUT2D eigenvalue weighted by molar-refractivity contribution is 0.562. The Morgan fingerprint density at radius 2 is 1.50 bits per heavy atom. The van der Waals surface area contributed by atoms with Crippen LogP contribution in [-0.2, 0) is 14.6 Å². The van der Waals surface area contributed by atoms with Crippen LogP contribution in [0.3, 0.4) is 0 Å². The van der Waals surface area contributed by atoms with Crippen LogP contribution in [0, 0.1) is 6.92 Å². The summed E-state index contributed by atoms with van der Waals surface area (Å²) in [7, 11) is -3.35. The summed E-state index contributed by atoms with van der Waals surface area (Å²) in [5, 5.41) is 0.918. The van der Waals surface area contributed by atoms with Crippen molar-refractivity contribution < 1.29 is 8.42 Å². The number of pyridine rings is 2. The lowest BCUT2D eigenvalue weighted by Crippen LogP contribution is -2.28. The number of fused-ring (bicyclic) bond motifs is 1. The van der Waals surface area contributed by atoms with Crippen molar-refractivity contribution in [2.24, 2.45) is 0 Å². The van der Waals surface area contributed by atoms with Gasteiger partial charge in [-0.1, -0.05) is 30.3 Å². The Kier molecular flexibility index (Phi) is 4.94. The lowest BCUT2D eigenvalue weighted by atomic mass is 9.92. The standard InChI is InChI=1S/C25H24N2O2S/c1-17-8-6-12-26-23(17)19-10-5-9-18(14-19)21-15-20-11-7-13-27-24(20)22(16-21)25(2,3)30(4,28)29/h5-16H,1-4H3. The minimum Gasteiger partial charge on any atom is -0.256 e. The molecule has 152 valence electrons. The predicted octanol–water partition coefficient (Wildman–Crippen LogP) is 5.55. The van der Waals surface area contributed by atoms with E-state index in [-0.39, 0.29) is 0 Å². The zero-order valence-corrected chi connectivity index (χ0v) is 18.4.